The van der Waals surface area contributed by atoms with E-state index in [0.29, 0.717) is 17.8 Å². The van der Waals surface area contributed by atoms with Crippen LogP contribution in [-0.2, 0) is 9.53 Å². The number of carboxylic acid groups (broad SMARTS) is 1. The molecule has 4 heteroatoms. The second-order valence-electron chi connectivity index (χ2n) is 5.00. The van der Waals surface area contributed by atoms with E-state index in [2.05, 4.69) is 11.8 Å². The summed E-state index contributed by atoms with van der Waals surface area (Å²) < 4.78 is 5.27. The fourth-order valence-corrected chi connectivity index (χ4v) is 2.45. The molecule has 0 aromatic heterocycles. The van der Waals surface area contributed by atoms with E-state index in [0.717, 1.165) is 39.3 Å². The summed E-state index contributed by atoms with van der Waals surface area (Å²) in [5.41, 5.74) is 0.369. The Labute approximate surface area is 90.2 Å². The average Bonchev–Trinajstić information content (AvgIpc) is 2.05. The SMILES string of the molecule is CCC1(CN2CC(CC(=O)O)C2)COC1. The van der Waals surface area contributed by atoms with E-state index in [1.807, 2.05) is 0 Å². The minimum atomic E-state index is -0.670. The maximum Gasteiger partial charge on any atom is 0.303 e. The molecule has 1 N–H and O–H groups in total. The molecule has 15 heavy (non-hydrogen) atoms. The van der Waals surface area contributed by atoms with E-state index in [9.17, 15) is 4.79 Å². The molecule has 2 heterocycles. The average molecular weight is 213 g/mol. The second kappa shape index (κ2) is 4.10. The van der Waals surface area contributed by atoms with Gasteiger partial charge in [0.15, 0.2) is 0 Å². The lowest BCUT2D eigenvalue weighted by Gasteiger charge is -2.49. The van der Waals surface area contributed by atoms with Gasteiger partial charge in [-0.1, -0.05) is 6.92 Å². The number of carboxylic acids is 1. The standard InChI is InChI=1S/C11H19NO3/c1-2-11(7-15-8-11)6-12-4-9(5-12)3-10(13)14/h9H,2-8H2,1H3,(H,13,14). The monoisotopic (exact) mass is 213 g/mol. The Bertz CT molecular complexity index is 239. The van der Waals surface area contributed by atoms with Crippen LogP contribution in [0.1, 0.15) is 19.8 Å². The summed E-state index contributed by atoms with van der Waals surface area (Å²) in [5, 5.41) is 8.63. The summed E-state index contributed by atoms with van der Waals surface area (Å²) in [5.74, 6) is -0.297. The minimum absolute atomic E-state index is 0.326. The molecule has 0 bridgehead atoms. The molecule has 2 aliphatic rings. The molecular formula is C11H19NO3. The molecule has 0 atom stereocenters. The smallest absolute Gasteiger partial charge is 0.303 e. The highest BCUT2D eigenvalue weighted by molar-refractivity contribution is 5.67. The van der Waals surface area contributed by atoms with Crippen molar-refractivity contribution in [1.82, 2.24) is 4.90 Å². The molecule has 0 radical (unpaired) electrons. The highest BCUT2D eigenvalue weighted by atomic mass is 16.5. The van der Waals surface area contributed by atoms with Crippen LogP contribution >= 0.6 is 0 Å². The molecule has 0 amide bonds. The van der Waals surface area contributed by atoms with Crippen molar-refractivity contribution in [3.63, 3.8) is 0 Å². The molecule has 2 fully saturated rings. The van der Waals surface area contributed by atoms with Crippen LogP contribution in [0, 0.1) is 11.3 Å². The maximum atomic E-state index is 10.5. The van der Waals surface area contributed by atoms with Crippen LogP contribution < -0.4 is 0 Å². The van der Waals surface area contributed by atoms with Gasteiger partial charge in [-0.2, -0.15) is 0 Å². The first-order chi connectivity index (χ1) is 7.13. The highest BCUT2D eigenvalue weighted by Gasteiger charge is 2.41. The van der Waals surface area contributed by atoms with Crippen molar-refractivity contribution in [2.75, 3.05) is 32.8 Å². The van der Waals surface area contributed by atoms with E-state index in [4.69, 9.17) is 9.84 Å². The normalized spacial score (nSPS) is 25.7. The summed E-state index contributed by atoms with van der Waals surface area (Å²) in [6, 6.07) is 0. The Morgan fingerprint density at radius 3 is 2.60 bits per heavy atom. The lowest BCUT2D eigenvalue weighted by atomic mass is 9.81. The van der Waals surface area contributed by atoms with Gasteiger partial charge in [0, 0.05) is 25.0 Å². The summed E-state index contributed by atoms with van der Waals surface area (Å²) >= 11 is 0. The zero-order valence-corrected chi connectivity index (χ0v) is 9.24. The van der Waals surface area contributed by atoms with Crippen molar-refractivity contribution in [2.24, 2.45) is 11.3 Å². The van der Waals surface area contributed by atoms with Crippen molar-refractivity contribution < 1.29 is 14.6 Å². The van der Waals surface area contributed by atoms with Gasteiger partial charge in [0.2, 0.25) is 0 Å². The Hall–Kier alpha value is -0.610. The fraction of sp³-hybridized carbons (Fsp3) is 0.909. The van der Waals surface area contributed by atoms with Gasteiger partial charge in [-0.05, 0) is 12.3 Å². The van der Waals surface area contributed by atoms with Gasteiger partial charge < -0.3 is 14.7 Å². The van der Waals surface area contributed by atoms with E-state index < -0.39 is 5.97 Å². The molecule has 0 aromatic rings. The van der Waals surface area contributed by atoms with Gasteiger partial charge in [0.05, 0.1) is 19.6 Å². The van der Waals surface area contributed by atoms with E-state index in [-0.39, 0.29) is 0 Å². The molecule has 4 nitrogen and oxygen atoms in total. The van der Waals surface area contributed by atoms with Crippen LogP contribution in [0.5, 0.6) is 0 Å². The third kappa shape index (κ3) is 2.32. The number of carbonyl (C=O) groups is 1. The molecule has 0 aromatic carbocycles. The van der Waals surface area contributed by atoms with Gasteiger partial charge >= 0.3 is 5.97 Å². The first kappa shape index (κ1) is 10.9. The van der Waals surface area contributed by atoms with Crippen LogP contribution in [0.15, 0.2) is 0 Å². The molecule has 0 saturated carbocycles. The predicted octanol–water partition coefficient (Wildman–Crippen LogP) is 0.820. The molecular weight excluding hydrogens is 194 g/mol. The number of aliphatic carboxylic acids is 1. The summed E-state index contributed by atoms with van der Waals surface area (Å²) in [7, 11) is 0. The Balaban J connectivity index is 1.69. The third-order valence-corrected chi connectivity index (χ3v) is 3.62. The van der Waals surface area contributed by atoms with Crippen molar-refractivity contribution in [3.8, 4) is 0 Å². The molecule has 86 valence electrons. The van der Waals surface area contributed by atoms with Gasteiger partial charge in [-0.25, -0.2) is 0 Å². The third-order valence-electron chi connectivity index (χ3n) is 3.62. The van der Waals surface area contributed by atoms with Gasteiger partial charge in [0.1, 0.15) is 0 Å². The first-order valence-corrected chi connectivity index (χ1v) is 5.65. The summed E-state index contributed by atoms with van der Waals surface area (Å²) in [4.78, 5) is 12.8. The topological polar surface area (TPSA) is 49.8 Å². The van der Waals surface area contributed by atoms with Crippen molar-refractivity contribution in [1.29, 1.82) is 0 Å². The van der Waals surface area contributed by atoms with Crippen molar-refractivity contribution in [3.05, 3.63) is 0 Å². The van der Waals surface area contributed by atoms with E-state index in [1.165, 1.54) is 0 Å². The van der Waals surface area contributed by atoms with Gasteiger partial charge in [-0.15, -0.1) is 0 Å². The lowest BCUT2D eigenvalue weighted by molar-refractivity contribution is -0.146. The number of hydrogen-bond acceptors (Lipinski definition) is 3. The summed E-state index contributed by atoms with van der Waals surface area (Å²) in [6.07, 6.45) is 1.49. The molecule has 2 rings (SSSR count). The van der Waals surface area contributed by atoms with Crippen LogP contribution in [0.4, 0.5) is 0 Å². The Morgan fingerprint density at radius 2 is 2.20 bits per heavy atom. The maximum absolute atomic E-state index is 10.5. The largest absolute Gasteiger partial charge is 0.481 e. The number of nitrogens with zero attached hydrogens (tertiary/aromatic N) is 1. The predicted molar refractivity (Wildman–Crippen MR) is 55.7 cm³/mol. The highest BCUT2D eigenvalue weighted by Crippen LogP contribution is 2.34. The zero-order chi connectivity index (χ0) is 10.9. The first-order valence-electron chi connectivity index (χ1n) is 5.65. The molecule has 2 aliphatic heterocycles. The lowest BCUT2D eigenvalue weighted by Crippen LogP contribution is -2.57. The van der Waals surface area contributed by atoms with Crippen LogP contribution in [0.3, 0.4) is 0 Å². The molecule has 0 aliphatic carbocycles. The van der Waals surface area contributed by atoms with Gasteiger partial charge in [0.25, 0.3) is 0 Å². The summed E-state index contributed by atoms with van der Waals surface area (Å²) in [6.45, 7) is 6.95. The zero-order valence-electron chi connectivity index (χ0n) is 9.24. The quantitative estimate of drug-likeness (QED) is 0.734. The molecule has 2 saturated heterocycles. The number of rotatable bonds is 5. The molecule has 0 spiro atoms. The van der Waals surface area contributed by atoms with Crippen molar-refractivity contribution in [2.45, 2.75) is 19.8 Å². The Kier molecular flexibility index (Phi) is 2.98. The second-order valence-corrected chi connectivity index (χ2v) is 5.00. The number of hydrogen-bond donors (Lipinski definition) is 1. The van der Waals surface area contributed by atoms with Crippen LogP contribution in [0.2, 0.25) is 0 Å². The van der Waals surface area contributed by atoms with E-state index >= 15 is 0 Å². The Morgan fingerprint density at radius 1 is 1.53 bits per heavy atom. The number of likely N-dealkylation sites (tertiary alicyclic amines) is 1. The molecule has 0 unspecified atom stereocenters. The fourth-order valence-electron chi connectivity index (χ4n) is 2.45. The minimum Gasteiger partial charge on any atom is -0.481 e. The van der Waals surface area contributed by atoms with Crippen molar-refractivity contribution >= 4 is 5.97 Å². The van der Waals surface area contributed by atoms with Crippen LogP contribution in [-0.4, -0.2) is 48.8 Å². The van der Waals surface area contributed by atoms with E-state index in [1.54, 1.807) is 0 Å². The van der Waals surface area contributed by atoms with Gasteiger partial charge in [-0.3, -0.25) is 4.79 Å². The van der Waals surface area contributed by atoms with Crippen LogP contribution in [0.25, 0.3) is 0 Å². The number of ether oxygens (including phenoxy) is 1.